The van der Waals surface area contributed by atoms with Crippen molar-refractivity contribution in [3.05, 3.63) is 24.7 Å². The molecule has 0 saturated heterocycles. The zero-order chi connectivity index (χ0) is 7.28. The smallest absolute Gasteiger partial charge is 0.111 e. The highest BCUT2D eigenvalue weighted by Gasteiger charge is 1.94. The monoisotopic (exact) mass is 166 g/mol. The van der Waals surface area contributed by atoms with E-state index in [2.05, 4.69) is 13.2 Å². The Kier molecular flexibility index (Phi) is 4.64. The van der Waals surface area contributed by atoms with Crippen molar-refractivity contribution in [1.82, 2.24) is 0 Å². The largest absolute Gasteiger partial charge is 0.465 e. The van der Waals surface area contributed by atoms with Gasteiger partial charge in [0.1, 0.15) is 11.5 Å². The van der Waals surface area contributed by atoms with Crippen LogP contribution in [0.5, 0.6) is 0 Å². The van der Waals surface area contributed by atoms with Gasteiger partial charge in [-0.25, -0.2) is 0 Å². The Morgan fingerprint density at radius 3 is 1.67 bits per heavy atom. The first-order chi connectivity index (χ1) is 4.20. The molecule has 0 aromatic heterocycles. The number of hydrogen-bond donors (Lipinski definition) is 0. The van der Waals surface area contributed by atoms with Gasteiger partial charge in [-0.2, -0.15) is 0 Å². The number of ether oxygens (including phenoxy) is 1. The molecule has 0 aromatic carbocycles. The van der Waals surface area contributed by atoms with Gasteiger partial charge in [0.2, 0.25) is 0 Å². The van der Waals surface area contributed by atoms with Crippen molar-refractivity contribution in [3.8, 4) is 0 Å². The molecule has 0 spiro atoms. The average Bonchev–Trinajstić information content (AvgIpc) is 1.87. The molecule has 9 heavy (non-hydrogen) atoms. The van der Waals surface area contributed by atoms with Gasteiger partial charge in [0, 0.05) is 0 Å². The van der Waals surface area contributed by atoms with E-state index in [0.717, 1.165) is 0 Å². The summed E-state index contributed by atoms with van der Waals surface area (Å²) in [5.74, 6) is 1.50. The SMILES string of the molecule is C=C(CCl)OC(=C)CCl. The van der Waals surface area contributed by atoms with E-state index in [1.807, 2.05) is 0 Å². The van der Waals surface area contributed by atoms with Crippen LogP contribution in [0.1, 0.15) is 0 Å². The Balaban J connectivity index is 3.47. The fourth-order valence-corrected chi connectivity index (χ4v) is 0.368. The maximum atomic E-state index is 5.34. The van der Waals surface area contributed by atoms with Crippen molar-refractivity contribution in [1.29, 1.82) is 0 Å². The second-order valence-electron chi connectivity index (χ2n) is 1.45. The number of rotatable bonds is 4. The van der Waals surface area contributed by atoms with Crippen LogP contribution in [0, 0.1) is 0 Å². The summed E-state index contributed by atoms with van der Waals surface area (Å²) < 4.78 is 4.90. The third kappa shape index (κ3) is 4.37. The van der Waals surface area contributed by atoms with Gasteiger partial charge in [0.15, 0.2) is 0 Å². The summed E-state index contributed by atoms with van der Waals surface area (Å²) in [7, 11) is 0. The summed E-state index contributed by atoms with van der Waals surface area (Å²) in [5.41, 5.74) is 0. The number of allylic oxidation sites excluding steroid dienone is 2. The van der Waals surface area contributed by atoms with Crippen LogP contribution >= 0.6 is 23.2 Å². The van der Waals surface area contributed by atoms with Crippen LogP contribution in [0.3, 0.4) is 0 Å². The minimum atomic E-state index is 0.274. The standard InChI is InChI=1S/C6H8Cl2O/c1-5(3-7)9-6(2)4-8/h1-4H2. The summed E-state index contributed by atoms with van der Waals surface area (Å²) in [6.07, 6.45) is 0. The van der Waals surface area contributed by atoms with Gasteiger partial charge in [-0.1, -0.05) is 13.2 Å². The van der Waals surface area contributed by atoms with Crippen molar-refractivity contribution in [2.24, 2.45) is 0 Å². The van der Waals surface area contributed by atoms with E-state index in [-0.39, 0.29) is 11.8 Å². The highest BCUT2D eigenvalue weighted by molar-refractivity contribution is 6.19. The van der Waals surface area contributed by atoms with Crippen LogP contribution in [-0.4, -0.2) is 11.8 Å². The molecule has 0 aliphatic carbocycles. The van der Waals surface area contributed by atoms with E-state index in [4.69, 9.17) is 27.9 Å². The molecular formula is C6H8Cl2O. The fraction of sp³-hybridized carbons (Fsp3) is 0.333. The Bertz CT molecular complexity index is 106. The first-order valence-corrected chi connectivity index (χ1v) is 3.43. The fourth-order valence-electron chi connectivity index (χ4n) is 0.259. The van der Waals surface area contributed by atoms with Crippen LogP contribution in [0.2, 0.25) is 0 Å². The summed E-state index contributed by atoms with van der Waals surface area (Å²) in [4.78, 5) is 0. The molecule has 0 fully saturated rings. The maximum absolute atomic E-state index is 5.34. The molecule has 0 atom stereocenters. The zero-order valence-corrected chi connectivity index (χ0v) is 6.50. The van der Waals surface area contributed by atoms with Crippen LogP contribution in [0.4, 0.5) is 0 Å². The Labute approximate surface area is 64.9 Å². The Morgan fingerprint density at radius 2 is 1.44 bits per heavy atom. The van der Waals surface area contributed by atoms with E-state index in [1.54, 1.807) is 0 Å². The lowest BCUT2D eigenvalue weighted by Gasteiger charge is -2.04. The lowest BCUT2D eigenvalue weighted by atomic mass is 10.6. The zero-order valence-electron chi connectivity index (χ0n) is 4.99. The van der Waals surface area contributed by atoms with Crippen molar-refractivity contribution in [3.63, 3.8) is 0 Å². The molecule has 0 unspecified atom stereocenters. The van der Waals surface area contributed by atoms with Gasteiger partial charge in [-0.3, -0.25) is 0 Å². The van der Waals surface area contributed by atoms with Crippen LogP contribution in [-0.2, 0) is 4.74 Å². The first-order valence-electron chi connectivity index (χ1n) is 2.36. The predicted molar refractivity (Wildman–Crippen MR) is 40.8 cm³/mol. The summed E-state index contributed by atoms with van der Waals surface area (Å²) >= 11 is 10.7. The molecule has 52 valence electrons. The summed E-state index contributed by atoms with van der Waals surface area (Å²) in [6, 6.07) is 0. The lowest BCUT2D eigenvalue weighted by Crippen LogP contribution is -1.92. The first kappa shape index (κ1) is 8.86. The second-order valence-corrected chi connectivity index (χ2v) is 1.98. The molecule has 0 aromatic rings. The van der Waals surface area contributed by atoms with E-state index in [1.165, 1.54) is 0 Å². The highest BCUT2D eigenvalue weighted by atomic mass is 35.5. The minimum absolute atomic E-state index is 0.274. The van der Waals surface area contributed by atoms with Gasteiger partial charge >= 0.3 is 0 Å². The van der Waals surface area contributed by atoms with Gasteiger partial charge in [-0.05, 0) is 0 Å². The second kappa shape index (κ2) is 4.71. The average molecular weight is 167 g/mol. The number of alkyl halides is 2. The highest BCUT2D eigenvalue weighted by Crippen LogP contribution is 2.04. The van der Waals surface area contributed by atoms with Gasteiger partial charge in [0.25, 0.3) is 0 Å². The Hall–Kier alpha value is -0.140. The lowest BCUT2D eigenvalue weighted by molar-refractivity contribution is 0.316. The maximum Gasteiger partial charge on any atom is 0.111 e. The van der Waals surface area contributed by atoms with E-state index >= 15 is 0 Å². The van der Waals surface area contributed by atoms with Crippen molar-refractivity contribution < 1.29 is 4.74 Å². The number of halogens is 2. The summed E-state index contributed by atoms with van der Waals surface area (Å²) in [6.45, 7) is 6.97. The molecule has 0 heterocycles. The van der Waals surface area contributed by atoms with E-state index in [9.17, 15) is 0 Å². The minimum Gasteiger partial charge on any atom is -0.465 e. The third-order valence-electron chi connectivity index (χ3n) is 0.587. The molecular weight excluding hydrogens is 159 g/mol. The molecule has 0 radical (unpaired) electrons. The summed E-state index contributed by atoms with van der Waals surface area (Å²) in [5, 5.41) is 0. The van der Waals surface area contributed by atoms with E-state index < -0.39 is 0 Å². The van der Waals surface area contributed by atoms with Crippen molar-refractivity contribution in [2.75, 3.05) is 11.8 Å². The van der Waals surface area contributed by atoms with Crippen LogP contribution < -0.4 is 0 Å². The topological polar surface area (TPSA) is 9.23 Å². The van der Waals surface area contributed by atoms with Crippen molar-refractivity contribution in [2.45, 2.75) is 0 Å². The molecule has 0 aliphatic rings. The van der Waals surface area contributed by atoms with Crippen LogP contribution in [0.15, 0.2) is 24.7 Å². The predicted octanol–water partition coefficient (Wildman–Crippen LogP) is 2.51. The third-order valence-corrected chi connectivity index (χ3v) is 1.18. The molecule has 0 N–H and O–H groups in total. The molecule has 0 rings (SSSR count). The molecule has 0 bridgehead atoms. The van der Waals surface area contributed by atoms with E-state index in [0.29, 0.717) is 11.5 Å². The Morgan fingerprint density at radius 1 is 1.11 bits per heavy atom. The number of hydrogen-bond acceptors (Lipinski definition) is 1. The van der Waals surface area contributed by atoms with Crippen molar-refractivity contribution >= 4 is 23.2 Å². The molecule has 1 nitrogen and oxygen atoms in total. The normalized spacial score (nSPS) is 8.67. The van der Waals surface area contributed by atoms with Gasteiger partial charge in [-0.15, -0.1) is 23.2 Å². The molecule has 3 heteroatoms. The molecule has 0 saturated carbocycles. The van der Waals surface area contributed by atoms with Crippen LogP contribution in [0.25, 0.3) is 0 Å². The molecule has 0 amide bonds. The van der Waals surface area contributed by atoms with Gasteiger partial charge < -0.3 is 4.74 Å². The molecule has 0 aliphatic heterocycles. The van der Waals surface area contributed by atoms with Gasteiger partial charge in [0.05, 0.1) is 11.8 Å². The quantitative estimate of drug-likeness (QED) is 0.461.